The third-order valence-corrected chi connectivity index (χ3v) is 3.67. The lowest BCUT2D eigenvalue weighted by Gasteiger charge is -2.25. The molecule has 118 valence electrons. The van der Waals surface area contributed by atoms with Gasteiger partial charge in [0.2, 0.25) is 5.91 Å². The van der Waals surface area contributed by atoms with Crippen LogP contribution in [-0.4, -0.2) is 35.3 Å². The average molecular weight is 300 g/mol. The van der Waals surface area contributed by atoms with Crippen molar-refractivity contribution in [2.45, 2.75) is 26.8 Å². The van der Waals surface area contributed by atoms with E-state index in [0.29, 0.717) is 19.5 Å². The second-order valence-corrected chi connectivity index (χ2v) is 5.24. The zero-order valence-electron chi connectivity index (χ0n) is 13.3. The van der Waals surface area contributed by atoms with Crippen LogP contribution < -0.4 is 10.2 Å². The zero-order chi connectivity index (χ0) is 15.8. The maximum Gasteiger partial charge on any atom is 0.221 e. The predicted molar refractivity (Wildman–Crippen MR) is 88.9 cm³/mol. The molecule has 5 nitrogen and oxygen atoms in total. The third kappa shape index (κ3) is 4.62. The van der Waals surface area contributed by atoms with Crippen LogP contribution in [-0.2, 0) is 11.3 Å². The van der Waals surface area contributed by atoms with Crippen LogP contribution in [0.1, 0.15) is 18.9 Å². The van der Waals surface area contributed by atoms with E-state index in [1.807, 2.05) is 24.4 Å². The molecule has 0 radical (unpaired) electrons. The Labute approximate surface area is 131 Å². The molecule has 1 aromatic heterocycles. The Hall–Kier alpha value is -2.30. The van der Waals surface area contributed by atoms with E-state index in [1.165, 1.54) is 11.3 Å². The van der Waals surface area contributed by atoms with Crippen LogP contribution in [0.3, 0.4) is 0 Å². The molecular formula is C17H24N4O. The molecule has 22 heavy (non-hydrogen) atoms. The first kappa shape index (κ1) is 16.1. The molecule has 1 N–H and O–H groups in total. The highest BCUT2D eigenvalue weighted by atomic mass is 16.1. The molecule has 0 aliphatic rings. The van der Waals surface area contributed by atoms with Crippen LogP contribution in [0.15, 0.2) is 42.7 Å². The number of hydrogen-bond donors (Lipinski definition) is 1. The molecule has 1 heterocycles. The number of aromatic nitrogens is 2. The molecular weight excluding hydrogens is 276 g/mol. The van der Waals surface area contributed by atoms with Crippen molar-refractivity contribution in [3.63, 3.8) is 0 Å². The van der Waals surface area contributed by atoms with Gasteiger partial charge in [0.05, 0.1) is 0 Å². The Bertz CT molecular complexity index is 580. The molecule has 0 atom stereocenters. The Morgan fingerprint density at radius 2 is 2.14 bits per heavy atom. The highest BCUT2D eigenvalue weighted by Gasteiger charge is 2.07. The number of nitrogens with zero attached hydrogens (tertiary/aromatic N) is 3. The van der Waals surface area contributed by atoms with Crippen molar-refractivity contribution >= 4 is 11.6 Å². The summed E-state index contributed by atoms with van der Waals surface area (Å²) in [6.45, 7) is 7.25. The highest BCUT2D eigenvalue weighted by Crippen LogP contribution is 2.18. The van der Waals surface area contributed by atoms with Gasteiger partial charge in [-0.15, -0.1) is 0 Å². The van der Waals surface area contributed by atoms with Crippen LogP contribution in [0.25, 0.3) is 0 Å². The van der Waals surface area contributed by atoms with E-state index in [9.17, 15) is 4.79 Å². The lowest BCUT2D eigenvalue weighted by molar-refractivity contribution is -0.121. The minimum Gasteiger partial charge on any atom is -0.370 e. The summed E-state index contributed by atoms with van der Waals surface area (Å²) in [5.41, 5.74) is 2.49. The van der Waals surface area contributed by atoms with Crippen molar-refractivity contribution in [2.24, 2.45) is 0 Å². The van der Waals surface area contributed by atoms with Crippen LogP contribution in [0.5, 0.6) is 0 Å². The number of carbonyl (C=O) groups is 1. The Morgan fingerprint density at radius 1 is 1.32 bits per heavy atom. The summed E-state index contributed by atoms with van der Waals surface area (Å²) < 4.78 is 1.77. The van der Waals surface area contributed by atoms with E-state index in [0.717, 1.165) is 13.1 Å². The number of benzene rings is 1. The molecule has 0 aliphatic carbocycles. The predicted octanol–water partition coefficient (Wildman–Crippen LogP) is 2.22. The zero-order valence-corrected chi connectivity index (χ0v) is 13.3. The van der Waals surface area contributed by atoms with Gasteiger partial charge < -0.3 is 10.2 Å². The second-order valence-electron chi connectivity index (χ2n) is 5.24. The van der Waals surface area contributed by atoms with Gasteiger partial charge in [-0.3, -0.25) is 9.48 Å². The smallest absolute Gasteiger partial charge is 0.221 e. The van der Waals surface area contributed by atoms with Gasteiger partial charge in [-0.05, 0) is 31.5 Å². The minimum absolute atomic E-state index is 0.0661. The van der Waals surface area contributed by atoms with Gasteiger partial charge in [0.1, 0.15) is 0 Å². The Balaban J connectivity index is 1.74. The highest BCUT2D eigenvalue weighted by molar-refractivity contribution is 5.75. The van der Waals surface area contributed by atoms with E-state index >= 15 is 0 Å². The maximum absolute atomic E-state index is 11.8. The largest absolute Gasteiger partial charge is 0.370 e. The molecule has 2 aromatic rings. The summed E-state index contributed by atoms with van der Waals surface area (Å²) in [5.74, 6) is 0.0661. The van der Waals surface area contributed by atoms with Crippen molar-refractivity contribution in [3.8, 4) is 0 Å². The third-order valence-electron chi connectivity index (χ3n) is 3.67. The summed E-state index contributed by atoms with van der Waals surface area (Å²) >= 11 is 0. The number of hydrogen-bond acceptors (Lipinski definition) is 3. The molecule has 0 fully saturated rings. The van der Waals surface area contributed by atoms with Crippen molar-refractivity contribution in [1.82, 2.24) is 15.1 Å². The number of likely N-dealkylation sites (N-methyl/N-ethyl adjacent to an activating group) is 1. The number of anilines is 1. The number of nitrogens with one attached hydrogen (secondary N) is 1. The normalized spacial score (nSPS) is 10.5. The summed E-state index contributed by atoms with van der Waals surface area (Å²) in [6, 6.07) is 10.2. The van der Waals surface area contributed by atoms with E-state index in [2.05, 4.69) is 41.3 Å². The average Bonchev–Trinajstić information content (AvgIpc) is 3.04. The van der Waals surface area contributed by atoms with Gasteiger partial charge >= 0.3 is 0 Å². The molecule has 0 saturated heterocycles. The van der Waals surface area contributed by atoms with Crippen molar-refractivity contribution in [2.75, 3.05) is 24.5 Å². The van der Waals surface area contributed by atoms with Crippen LogP contribution in [0.2, 0.25) is 0 Å². The molecule has 0 saturated carbocycles. The van der Waals surface area contributed by atoms with E-state index in [1.54, 1.807) is 10.9 Å². The summed E-state index contributed by atoms with van der Waals surface area (Å²) in [4.78, 5) is 14.1. The molecule has 0 bridgehead atoms. The Kier molecular flexibility index (Phi) is 6.01. The number of para-hydroxylation sites is 1. The standard InChI is InChI=1S/C17H24N4O/c1-3-20(16-8-5-4-7-15(16)2)14-11-18-17(22)9-13-21-12-6-10-19-21/h4-8,10,12H,3,9,11,13-14H2,1-2H3,(H,18,22). The van der Waals surface area contributed by atoms with Gasteiger partial charge in [-0.2, -0.15) is 5.10 Å². The number of rotatable bonds is 8. The number of amides is 1. The quantitative estimate of drug-likeness (QED) is 0.813. The number of aryl methyl sites for hydroxylation is 2. The van der Waals surface area contributed by atoms with Crippen molar-refractivity contribution in [1.29, 1.82) is 0 Å². The second kappa shape index (κ2) is 8.22. The molecule has 1 amide bonds. The van der Waals surface area contributed by atoms with Crippen LogP contribution >= 0.6 is 0 Å². The van der Waals surface area contributed by atoms with Gasteiger partial charge in [0, 0.05) is 50.7 Å². The summed E-state index contributed by atoms with van der Waals surface area (Å²) in [7, 11) is 0. The molecule has 0 aliphatic heterocycles. The van der Waals surface area contributed by atoms with Gasteiger partial charge in [0.15, 0.2) is 0 Å². The van der Waals surface area contributed by atoms with Gasteiger partial charge in [0.25, 0.3) is 0 Å². The lowest BCUT2D eigenvalue weighted by Crippen LogP contribution is -2.35. The first-order chi connectivity index (χ1) is 10.7. The topological polar surface area (TPSA) is 50.2 Å². The van der Waals surface area contributed by atoms with Crippen molar-refractivity contribution < 1.29 is 4.79 Å². The fourth-order valence-electron chi connectivity index (χ4n) is 2.43. The molecule has 0 unspecified atom stereocenters. The maximum atomic E-state index is 11.8. The van der Waals surface area contributed by atoms with Gasteiger partial charge in [-0.25, -0.2) is 0 Å². The summed E-state index contributed by atoms with van der Waals surface area (Å²) in [6.07, 6.45) is 4.04. The molecule has 0 spiro atoms. The molecule has 2 rings (SSSR count). The first-order valence-corrected chi connectivity index (χ1v) is 7.75. The minimum atomic E-state index is 0.0661. The molecule has 1 aromatic carbocycles. The fourth-order valence-corrected chi connectivity index (χ4v) is 2.43. The lowest BCUT2D eigenvalue weighted by atomic mass is 10.2. The van der Waals surface area contributed by atoms with E-state index < -0.39 is 0 Å². The Morgan fingerprint density at radius 3 is 2.82 bits per heavy atom. The summed E-state index contributed by atoms with van der Waals surface area (Å²) in [5, 5.41) is 7.07. The van der Waals surface area contributed by atoms with Crippen molar-refractivity contribution in [3.05, 3.63) is 48.3 Å². The molecule has 5 heteroatoms. The monoisotopic (exact) mass is 300 g/mol. The van der Waals surface area contributed by atoms with E-state index in [4.69, 9.17) is 0 Å². The number of carbonyl (C=O) groups excluding carboxylic acids is 1. The van der Waals surface area contributed by atoms with E-state index in [-0.39, 0.29) is 5.91 Å². The van der Waals surface area contributed by atoms with Crippen LogP contribution in [0.4, 0.5) is 5.69 Å². The van der Waals surface area contributed by atoms with Gasteiger partial charge in [-0.1, -0.05) is 18.2 Å². The SMILES string of the molecule is CCN(CCNC(=O)CCn1cccn1)c1ccccc1C. The first-order valence-electron chi connectivity index (χ1n) is 7.75. The van der Waals surface area contributed by atoms with Crippen LogP contribution in [0, 0.1) is 6.92 Å². The fraction of sp³-hybridized carbons (Fsp3) is 0.412.